The summed E-state index contributed by atoms with van der Waals surface area (Å²) in [6, 6.07) is 10.4. The molecule has 5 nitrogen and oxygen atoms in total. The molecule has 9 atom stereocenters. The number of hydrogen-bond donors (Lipinski definition) is 0. The smallest absolute Gasteiger partial charge is 0.185 e. The van der Waals surface area contributed by atoms with Crippen LogP contribution in [0.5, 0.6) is 0 Å². The standard InChI is InChI=1S/C37H65NO4Si3/c1-27(38-39-26-28-16-14-13-15-17-28)37(42-45(10,11)12)23-21-32-31-19-18-29-24-30(40-43(4,5)6)20-22-35(29,2)34(31)33(25-36(32,37)3)41-44(7,8)9/h13-17,29-34H,18-26H2,1-12H3/b38-27-/t29-,30-,31+,32+,33+,34-,35+,36+,37+/m1/s1. The molecule has 4 aliphatic carbocycles. The van der Waals surface area contributed by atoms with Gasteiger partial charge in [-0.3, -0.25) is 0 Å². The van der Waals surface area contributed by atoms with Crippen molar-refractivity contribution in [1.82, 2.24) is 0 Å². The van der Waals surface area contributed by atoms with Crippen LogP contribution in [0.3, 0.4) is 0 Å². The van der Waals surface area contributed by atoms with E-state index in [1.54, 1.807) is 0 Å². The second kappa shape index (κ2) is 12.6. The lowest BCUT2D eigenvalue weighted by molar-refractivity contribution is -0.183. The molecular formula is C37H65NO4Si3. The van der Waals surface area contributed by atoms with Crippen LogP contribution in [-0.4, -0.2) is 48.5 Å². The van der Waals surface area contributed by atoms with Crippen molar-refractivity contribution in [2.45, 2.75) is 155 Å². The average molecular weight is 672 g/mol. The first-order valence-electron chi connectivity index (χ1n) is 18.0. The van der Waals surface area contributed by atoms with Crippen LogP contribution < -0.4 is 0 Å². The molecule has 45 heavy (non-hydrogen) atoms. The quantitative estimate of drug-likeness (QED) is 0.141. The number of hydrogen-bond acceptors (Lipinski definition) is 5. The molecule has 0 saturated heterocycles. The van der Waals surface area contributed by atoms with Gasteiger partial charge in [0.2, 0.25) is 0 Å². The van der Waals surface area contributed by atoms with E-state index in [0.29, 0.717) is 35.9 Å². The number of benzene rings is 1. The van der Waals surface area contributed by atoms with E-state index in [9.17, 15) is 0 Å². The van der Waals surface area contributed by atoms with Crippen LogP contribution in [0.2, 0.25) is 58.9 Å². The summed E-state index contributed by atoms with van der Waals surface area (Å²) in [6.45, 7) is 29.2. The molecule has 0 aromatic heterocycles. The molecule has 4 fully saturated rings. The van der Waals surface area contributed by atoms with E-state index in [4.69, 9.17) is 23.3 Å². The molecule has 0 amide bonds. The lowest BCUT2D eigenvalue weighted by atomic mass is 9.43. The Balaban J connectivity index is 1.50. The Morgan fingerprint density at radius 3 is 2.11 bits per heavy atom. The fourth-order valence-corrected chi connectivity index (χ4v) is 14.6. The van der Waals surface area contributed by atoms with Gasteiger partial charge < -0.3 is 18.1 Å². The van der Waals surface area contributed by atoms with Crippen molar-refractivity contribution in [2.24, 2.45) is 39.7 Å². The van der Waals surface area contributed by atoms with Crippen molar-refractivity contribution in [3.8, 4) is 0 Å². The molecular weight excluding hydrogens is 607 g/mol. The maximum absolute atomic E-state index is 7.44. The van der Waals surface area contributed by atoms with E-state index >= 15 is 0 Å². The molecule has 0 heterocycles. The molecule has 0 radical (unpaired) electrons. The fraction of sp³-hybridized carbons (Fsp3) is 0.811. The van der Waals surface area contributed by atoms with E-state index in [1.165, 1.54) is 38.5 Å². The van der Waals surface area contributed by atoms with Crippen LogP contribution in [0.4, 0.5) is 0 Å². The first-order chi connectivity index (χ1) is 20.8. The molecule has 1 aromatic rings. The highest BCUT2D eigenvalue weighted by Crippen LogP contribution is 2.70. The Hall–Kier alpha value is -0.779. The third kappa shape index (κ3) is 7.31. The molecule has 4 saturated carbocycles. The summed E-state index contributed by atoms with van der Waals surface area (Å²) in [5, 5.41) is 4.89. The highest BCUT2D eigenvalue weighted by molar-refractivity contribution is 6.70. The second-order valence-corrected chi connectivity index (χ2v) is 32.0. The normalized spacial score (nSPS) is 39.2. The fourth-order valence-electron chi connectivity index (χ4n) is 10.7. The first-order valence-corrected chi connectivity index (χ1v) is 28.3. The summed E-state index contributed by atoms with van der Waals surface area (Å²) in [4.78, 5) is 6.09. The van der Waals surface area contributed by atoms with E-state index in [1.807, 2.05) is 6.07 Å². The van der Waals surface area contributed by atoms with Crippen molar-refractivity contribution < 1.29 is 18.1 Å². The lowest BCUT2D eigenvalue weighted by Crippen LogP contribution is -2.65. The molecule has 0 spiro atoms. The van der Waals surface area contributed by atoms with Crippen molar-refractivity contribution in [1.29, 1.82) is 0 Å². The maximum Gasteiger partial charge on any atom is 0.185 e. The zero-order chi connectivity index (χ0) is 33.1. The van der Waals surface area contributed by atoms with Crippen LogP contribution in [-0.2, 0) is 24.7 Å². The molecule has 254 valence electrons. The number of rotatable bonds is 10. The lowest BCUT2D eigenvalue weighted by Gasteiger charge is -2.65. The summed E-state index contributed by atoms with van der Waals surface area (Å²) >= 11 is 0. The van der Waals surface area contributed by atoms with Gasteiger partial charge in [0.05, 0.1) is 5.71 Å². The number of nitrogens with zero attached hydrogens (tertiary/aromatic N) is 1. The van der Waals surface area contributed by atoms with Gasteiger partial charge in [0.15, 0.2) is 25.0 Å². The van der Waals surface area contributed by atoms with E-state index in [2.05, 4.69) is 104 Å². The highest BCUT2D eigenvalue weighted by Gasteiger charge is 2.69. The van der Waals surface area contributed by atoms with Gasteiger partial charge in [-0.15, -0.1) is 0 Å². The van der Waals surface area contributed by atoms with Crippen LogP contribution in [0, 0.1) is 34.5 Å². The third-order valence-corrected chi connectivity index (χ3v) is 15.0. The van der Waals surface area contributed by atoms with Crippen molar-refractivity contribution in [3.63, 3.8) is 0 Å². The maximum atomic E-state index is 7.44. The van der Waals surface area contributed by atoms with Gasteiger partial charge in [-0.1, -0.05) is 49.3 Å². The number of fused-ring (bicyclic) bond motifs is 5. The van der Waals surface area contributed by atoms with E-state index in [0.717, 1.165) is 30.0 Å². The Bertz CT molecular complexity index is 1210. The Labute approximate surface area is 279 Å². The van der Waals surface area contributed by atoms with Crippen LogP contribution in [0.1, 0.15) is 77.7 Å². The van der Waals surface area contributed by atoms with Gasteiger partial charge in [-0.05, 0) is 152 Å². The van der Waals surface area contributed by atoms with Gasteiger partial charge in [0.25, 0.3) is 0 Å². The Morgan fingerprint density at radius 1 is 0.822 bits per heavy atom. The van der Waals surface area contributed by atoms with Gasteiger partial charge >= 0.3 is 0 Å². The van der Waals surface area contributed by atoms with Crippen molar-refractivity contribution in [2.75, 3.05) is 0 Å². The minimum Gasteiger partial charge on any atom is -0.415 e. The summed E-state index contributed by atoms with van der Waals surface area (Å²) in [5.41, 5.74) is 2.00. The topological polar surface area (TPSA) is 49.3 Å². The molecule has 0 unspecified atom stereocenters. The highest BCUT2D eigenvalue weighted by atomic mass is 28.4. The average Bonchev–Trinajstić information content (AvgIpc) is 3.18. The van der Waals surface area contributed by atoms with Crippen LogP contribution >= 0.6 is 0 Å². The first kappa shape index (κ1) is 35.5. The number of oxime groups is 1. The SMILES string of the molecule is C/C(=N/OCc1ccccc1)[C@@]1(O[Si](C)(C)C)CC[C@H]2[C@@H]3CC[C@@H]4C[C@H](O[Si](C)(C)C)CC[C@]4(C)[C@H]3[C@@H](O[Si](C)(C)C)C[C@@]21C. The summed E-state index contributed by atoms with van der Waals surface area (Å²) in [5.74, 6) is 2.59. The zero-order valence-corrected chi connectivity index (χ0v) is 33.8. The van der Waals surface area contributed by atoms with Crippen molar-refractivity contribution >= 4 is 30.7 Å². The molecule has 5 rings (SSSR count). The van der Waals surface area contributed by atoms with Gasteiger partial charge in [0.1, 0.15) is 12.2 Å². The van der Waals surface area contributed by atoms with Crippen LogP contribution in [0.15, 0.2) is 35.5 Å². The monoisotopic (exact) mass is 671 g/mol. The minimum atomic E-state index is -1.95. The van der Waals surface area contributed by atoms with Gasteiger partial charge in [-0.2, -0.15) is 0 Å². The largest absolute Gasteiger partial charge is 0.415 e. The molecule has 4 aliphatic rings. The van der Waals surface area contributed by atoms with Gasteiger partial charge in [-0.25, -0.2) is 0 Å². The molecule has 0 N–H and O–H groups in total. The second-order valence-electron chi connectivity index (χ2n) is 18.6. The third-order valence-electron chi connectivity index (χ3n) is 12.0. The Kier molecular flexibility index (Phi) is 9.94. The zero-order valence-electron chi connectivity index (χ0n) is 30.8. The molecule has 8 heteroatoms. The van der Waals surface area contributed by atoms with E-state index < -0.39 is 30.6 Å². The predicted molar refractivity (Wildman–Crippen MR) is 195 cm³/mol. The summed E-state index contributed by atoms with van der Waals surface area (Å²) in [6.07, 6.45) is 10.3. The van der Waals surface area contributed by atoms with E-state index in [-0.39, 0.29) is 11.5 Å². The summed E-state index contributed by atoms with van der Waals surface area (Å²) in [7, 11) is -5.32. The predicted octanol–water partition coefficient (Wildman–Crippen LogP) is 10.3. The Morgan fingerprint density at radius 2 is 1.49 bits per heavy atom. The molecule has 0 bridgehead atoms. The minimum absolute atomic E-state index is 0.0518. The summed E-state index contributed by atoms with van der Waals surface area (Å²) < 4.78 is 21.6. The van der Waals surface area contributed by atoms with Gasteiger partial charge in [0, 0.05) is 17.6 Å². The molecule has 1 aromatic carbocycles. The molecule has 0 aliphatic heterocycles. The van der Waals surface area contributed by atoms with Crippen LogP contribution in [0.25, 0.3) is 0 Å². The van der Waals surface area contributed by atoms with Crippen molar-refractivity contribution in [3.05, 3.63) is 35.9 Å².